The molecule has 1 heterocycles. The maximum atomic E-state index is 12.3. The maximum Gasteiger partial charge on any atom is 0.234 e. The molecule has 7 heteroatoms. The van der Waals surface area contributed by atoms with Gasteiger partial charge in [-0.3, -0.25) is 4.79 Å². The van der Waals surface area contributed by atoms with Gasteiger partial charge in [-0.15, -0.1) is 0 Å². The van der Waals surface area contributed by atoms with Gasteiger partial charge in [0.1, 0.15) is 5.41 Å². The fraction of sp³-hybridized carbons (Fsp3) is 0.833. The van der Waals surface area contributed by atoms with Gasteiger partial charge in [0.15, 0.2) is 5.84 Å². The van der Waals surface area contributed by atoms with Crippen LogP contribution in [-0.4, -0.2) is 61.7 Å². The topological polar surface area (TPSA) is 100 Å². The third-order valence-corrected chi connectivity index (χ3v) is 3.70. The van der Waals surface area contributed by atoms with Gasteiger partial charge in [-0.2, -0.15) is 0 Å². The first-order chi connectivity index (χ1) is 9.06. The highest BCUT2D eigenvalue weighted by Crippen LogP contribution is 2.31. The summed E-state index contributed by atoms with van der Waals surface area (Å²) >= 11 is 0. The van der Waals surface area contributed by atoms with Crippen molar-refractivity contribution in [1.82, 2.24) is 10.2 Å². The molecule has 1 saturated heterocycles. The van der Waals surface area contributed by atoms with Crippen LogP contribution in [0.4, 0.5) is 0 Å². The Morgan fingerprint density at radius 1 is 1.53 bits per heavy atom. The lowest BCUT2D eigenvalue weighted by Crippen LogP contribution is -2.53. The van der Waals surface area contributed by atoms with Gasteiger partial charge in [0.25, 0.3) is 0 Å². The van der Waals surface area contributed by atoms with Crippen LogP contribution in [0.25, 0.3) is 0 Å². The van der Waals surface area contributed by atoms with Gasteiger partial charge >= 0.3 is 0 Å². The molecule has 0 spiro atoms. The Labute approximate surface area is 113 Å². The van der Waals surface area contributed by atoms with Crippen LogP contribution in [-0.2, 0) is 9.53 Å². The predicted octanol–water partition coefficient (Wildman–Crippen LogP) is -0.402. The van der Waals surface area contributed by atoms with Crippen LogP contribution in [0.15, 0.2) is 5.16 Å². The number of nitrogens with two attached hydrogens (primary N) is 1. The minimum atomic E-state index is -0.933. The molecule has 0 radical (unpaired) electrons. The monoisotopic (exact) mass is 272 g/mol. The summed E-state index contributed by atoms with van der Waals surface area (Å²) in [6.45, 7) is 5.18. The molecule has 1 fully saturated rings. The number of carbonyl (C=O) groups excluding carboxylic acids is 1. The summed E-state index contributed by atoms with van der Waals surface area (Å²) in [4.78, 5) is 14.4. The van der Waals surface area contributed by atoms with Crippen molar-refractivity contribution in [2.24, 2.45) is 16.3 Å². The summed E-state index contributed by atoms with van der Waals surface area (Å²) in [7, 11) is 1.99. The average molecular weight is 272 g/mol. The normalized spacial score (nSPS) is 19.4. The van der Waals surface area contributed by atoms with Crippen LogP contribution in [0.1, 0.15) is 19.8 Å². The third kappa shape index (κ3) is 3.81. The first-order valence-corrected chi connectivity index (χ1v) is 6.59. The van der Waals surface area contributed by atoms with Crippen molar-refractivity contribution in [2.75, 3.05) is 39.9 Å². The molecule has 0 unspecified atom stereocenters. The fourth-order valence-electron chi connectivity index (χ4n) is 2.10. The number of hydrogen-bond donors (Lipinski definition) is 3. The number of rotatable bonds is 6. The molecule has 110 valence electrons. The van der Waals surface area contributed by atoms with Crippen LogP contribution >= 0.6 is 0 Å². The van der Waals surface area contributed by atoms with Gasteiger partial charge in [0.2, 0.25) is 5.91 Å². The van der Waals surface area contributed by atoms with Crippen molar-refractivity contribution in [1.29, 1.82) is 0 Å². The zero-order chi connectivity index (χ0) is 14.3. The Morgan fingerprint density at radius 3 is 2.68 bits per heavy atom. The molecule has 0 aromatic rings. The molecular formula is C12H24N4O3. The molecule has 1 aliphatic heterocycles. The number of nitrogens with zero attached hydrogens (tertiary/aromatic N) is 2. The minimum absolute atomic E-state index is 0.0304. The smallest absolute Gasteiger partial charge is 0.234 e. The van der Waals surface area contributed by atoms with Gasteiger partial charge < -0.3 is 25.9 Å². The SMILES string of the molecule is CCN(C)CCNC(=O)C1(C(N)=NO)CCOCC1. The largest absolute Gasteiger partial charge is 0.409 e. The number of hydrogen-bond acceptors (Lipinski definition) is 5. The molecule has 7 nitrogen and oxygen atoms in total. The zero-order valence-corrected chi connectivity index (χ0v) is 11.7. The second kappa shape index (κ2) is 7.30. The zero-order valence-electron chi connectivity index (χ0n) is 11.7. The summed E-state index contributed by atoms with van der Waals surface area (Å²) in [6, 6.07) is 0. The summed E-state index contributed by atoms with van der Waals surface area (Å²) < 4.78 is 5.25. The number of amides is 1. The molecule has 1 aliphatic rings. The van der Waals surface area contributed by atoms with Gasteiger partial charge in [0, 0.05) is 26.3 Å². The number of carbonyl (C=O) groups is 1. The second-order valence-electron chi connectivity index (χ2n) is 4.83. The second-order valence-corrected chi connectivity index (χ2v) is 4.83. The van der Waals surface area contributed by atoms with Gasteiger partial charge in [-0.1, -0.05) is 12.1 Å². The van der Waals surface area contributed by atoms with E-state index in [0.717, 1.165) is 13.1 Å². The van der Waals surface area contributed by atoms with E-state index in [4.69, 9.17) is 15.7 Å². The fourth-order valence-corrected chi connectivity index (χ4v) is 2.10. The van der Waals surface area contributed by atoms with Crippen molar-refractivity contribution in [2.45, 2.75) is 19.8 Å². The standard InChI is InChI=1S/C12H24N4O3/c1-3-16(2)7-6-14-11(17)12(10(13)15-18)4-8-19-9-5-12/h18H,3-9H2,1-2H3,(H2,13,15)(H,14,17). The van der Waals surface area contributed by atoms with E-state index in [1.807, 2.05) is 7.05 Å². The van der Waals surface area contributed by atoms with Gasteiger partial charge in [0.05, 0.1) is 0 Å². The number of oxime groups is 1. The predicted molar refractivity (Wildman–Crippen MR) is 72.1 cm³/mol. The first-order valence-electron chi connectivity index (χ1n) is 6.59. The van der Waals surface area contributed by atoms with Crippen molar-refractivity contribution >= 4 is 11.7 Å². The molecule has 0 atom stereocenters. The summed E-state index contributed by atoms with van der Waals surface area (Å²) in [5.41, 5.74) is 4.78. The first kappa shape index (κ1) is 15.7. The van der Waals surface area contributed by atoms with Gasteiger partial charge in [-0.25, -0.2) is 0 Å². The Balaban J connectivity index is 2.63. The van der Waals surface area contributed by atoms with E-state index in [9.17, 15) is 4.79 Å². The van der Waals surface area contributed by atoms with Crippen LogP contribution in [0.5, 0.6) is 0 Å². The molecule has 0 bridgehead atoms. The highest BCUT2D eigenvalue weighted by molar-refractivity contribution is 6.06. The maximum absolute atomic E-state index is 12.3. The van der Waals surface area contributed by atoms with Gasteiger partial charge in [-0.05, 0) is 26.4 Å². The van der Waals surface area contributed by atoms with Crippen LogP contribution in [0.2, 0.25) is 0 Å². The molecular weight excluding hydrogens is 248 g/mol. The molecule has 0 saturated carbocycles. The van der Waals surface area contributed by atoms with Crippen molar-refractivity contribution in [3.8, 4) is 0 Å². The molecule has 0 aliphatic carbocycles. The summed E-state index contributed by atoms with van der Waals surface area (Å²) in [5, 5.41) is 14.8. The van der Waals surface area contributed by atoms with E-state index in [2.05, 4.69) is 22.3 Å². The lowest BCUT2D eigenvalue weighted by Gasteiger charge is -2.34. The van der Waals surface area contributed by atoms with Crippen molar-refractivity contribution in [3.63, 3.8) is 0 Å². The molecule has 4 N–H and O–H groups in total. The molecule has 0 aromatic carbocycles. The highest BCUT2D eigenvalue weighted by Gasteiger charge is 2.44. The number of amidine groups is 1. The summed E-state index contributed by atoms with van der Waals surface area (Å²) in [6.07, 6.45) is 0.886. The molecule has 1 rings (SSSR count). The van der Waals surface area contributed by atoms with E-state index >= 15 is 0 Å². The van der Waals surface area contributed by atoms with Crippen molar-refractivity contribution < 1.29 is 14.7 Å². The summed E-state index contributed by atoms with van der Waals surface area (Å²) in [5.74, 6) is -0.215. The van der Waals surface area contributed by atoms with E-state index in [-0.39, 0.29) is 11.7 Å². The quantitative estimate of drug-likeness (QED) is 0.264. The number of likely N-dealkylation sites (N-methyl/N-ethyl adjacent to an activating group) is 1. The van der Waals surface area contributed by atoms with E-state index in [1.54, 1.807) is 0 Å². The Kier molecular flexibility index (Phi) is 6.04. The Morgan fingerprint density at radius 2 is 2.16 bits per heavy atom. The van der Waals surface area contributed by atoms with E-state index in [1.165, 1.54) is 0 Å². The molecule has 1 amide bonds. The Bertz CT molecular complexity index is 327. The lowest BCUT2D eigenvalue weighted by atomic mass is 9.78. The number of nitrogens with one attached hydrogen (secondary N) is 1. The van der Waals surface area contributed by atoms with Crippen molar-refractivity contribution in [3.05, 3.63) is 0 Å². The van der Waals surface area contributed by atoms with Crippen LogP contribution < -0.4 is 11.1 Å². The van der Waals surface area contributed by atoms with Crippen LogP contribution in [0.3, 0.4) is 0 Å². The van der Waals surface area contributed by atoms with E-state index < -0.39 is 5.41 Å². The lowest BCUT2D eigenvalue weighted by molar-refractivity contribution is -0.131. The third-order valence-electron chi connectivity index (χ3n) is 3.70. The molecule has 0 aromatic heterocycles. The number of ether oxygens (including phenoxy) is 1. The highest BCUT2D eigenvalue weighted by atomic mass is 16.5. The Hall–Kier alpha value is -1.34. The van der Waals surface area contributed by atoms with E-state index in [0.29, 0.717) is 32.6 Å². The average Bonchev–Trinajstić information content (AvgIpc) is 2.46. The minimum Gasteiger partial charge on any atom is -0.409 e. The molecule has 19 heavy (non-hydrogen) atoms. The van der Waals surface area contributed by atoms with Crippen LogP contribution in [0, 0.1) is 5.41 Å².